The van der Waals surface area contributed by atoms with Crippen LogP contribution in [-0.2, 0) is 7.05 Å². The molecule has 150 valence electrons. The monoisotopic (exact) mass is 392 g/mol. The molecule has 0 unspecified atom stereocenters. The molecule has 0 spiro atoms. The van der Waals surface area contributed by atoms with Gasteiger partial charge in [-0.25, -0.2) is 4.68 Å². The van der Waals surface area contributed by atoms with E-state index in [0.717, 1.165) is 11.1 Å². The van der Waals surface area contributed by atoms with Crippen molar-refractivity contribution in [2.24, 2.45) is 7.05 Å². The predicted molar refractivity (Wildman–Crippen MR) is 113 cm³/mol. The van der Waals surface area contributed by atoms with E-state index in [1.807, 2.05) is 39.0 Å². The molecule has 0 aliphatic carbocycles. The normalized spacial score (nSPS) is 10.5. The number of ether oxygens (including phenoxy) is 1. The average Bonchev–Trinajstić information content (AvgIpc) is 2.71. The third-order valence-corrected chi connectivity index (χ3v) is 4.61. The number of hydrogen-bond donors (Lipinski definition) is 2. The van der Waals surface area contributed by atoms with E-state index in [4.69, 9.17) is 4.74 Å². The molecule has 3 rings (SSSR count). The number of rotatable bonds is 6. The molecular weight excluding hydrogens is 368 g/mol. The van der Waals surface area contributed by atoms with Gasteiger partial charge >= 0.3 is 0 Å². The Morgan fingerprint density at radius 3 is 2.66 bits per heavy atom. The van der Waals surface area contributed by atoms with E-state index in [2.05, 4.69) is 15.7 Å². The highest BCUT2D eigenvalue weighted by Gasteiger charge is 2.15. The Bertz CT molecular complexity index is 1110. The van der Waals surface area contributed by atoms with Gasteiger partial charge in [0.1, 0.15) is 5.75 Å². The SMILES string of the molecule is CCNC(=O)c1cccc(Nc2c(Oc3cccc(C)c3C)cnn(C)c2=O)c1. The summed E-state index contributed by atoms with van der Waals surface area (Å²) in [6.45, 7) is 6.35. The van der Waals surface area contributed by atoms with Crippen LogP contribution in [0.1, 0.15) is 28.4 Å². The number of carbonyl (C=O) groups is 1. The van der Waals surface area contributed by atoms with Crippen molar-refractivity contribution in [1.29, 1.82) is 0 Å². The van der Waals surface area contributed by atoms with E-state index in [1.165, 1.54) is 10.9 Å². The molecule has 2 N–H and O–H groups in total. The summed E-state index contributed by atoms with van der Waals surface area (Å²) in [5, 5.41) is 9.93. The summed E-state index contributed by atoms with van der Waals surface area (Å²) in [6, 6.07) is 12.7. The van der Waals surface area contributed by atoms with E-state index < -0.39 is 0 Å². The molecule has 0 saturated carbocycles. The van der Waals surface area contributed by atoms with Crippen molar-refractivity contribution in [3.05, 3.63) is 75.7 Å². The molecule has 7 heteroatoms. The van der Waals surface area contributed by atoms with Crippen LogP contribution in [-0.4, -0.2) is 22.2 Å². The first-order valence-corrected chi connectivity index (χ1v) is 9.36. The van der Waals surface area contributed by atoms with Gasteiger partial charge in [-0.2, -0.15) is 5.10 Å². The van der Waals surface area contributed by atoms with E-state index in [1.54, 1.807) is 31.3 Å². The van der Waals surface area contributed by atoms with Gasteiger partial charge in [-0.05, 0) is 56.2 Å². The molecule has 0 saturated heterocycles. The Kier molecular flexibility index (Phi) is 5.97. The van der Waals surface area contributed by atoms with Crippen molar-refractivity contribution in [2.45, 2.75) is 20.8 Å². The Labute approximate surface area is 169 Å². The second-order valence-corrected chi connectivity index (χ2v) is 6.68. The number of amides is 1. The fraction of sp³-hybridized carbons (Fsp3) is 0.227. The van der Waals surface area contributed by atoms with Gasteiger partial charge < -0.3 is 15.4 Å². The highest BCUT2D eigenvalue weighted by molar-refractivity contribution is 5.95. The molecule has 0 radical (unpaired) electrons. The second kappa shape index (κ2) is 8.60. The summed E-state index contributed by atoms with van der Waals surface area (Å²) in [6.07, 6.45) is 1.50. The number of nitrogens with zero attached hydrogens (tertiary/aromatic N) is 2. The Hall–Kier alpha value is -3.61. The van der Waals surface area contributed by atoms with Gasteiger partial charge in [0.25, 0.3) is 11.5 Å². The van der Waals surface area contributed by atoms with Gasteiger partial charge in [0.15, 0.2) is 11.4 Å². The van der Waals surface area contributed by atoms with Crippen LogP contribution >= 0.6 is 0 Å². The number of benzene rings is 2. The van der Waals surface area contributed by atoms with Crippen molar-refractivity contribution in [3.63, 3.8) is 0 Å². The van der Waals surface area contributed by atoms with Crippen LogP contribution < -0.4 is 20.9 Å². The molecule has 0 bridgehead atoms. The van der Waals surface area contributed by atoms with Gasteiger partial charge in [0.05, 0.1) is 6.20 Å². The fourth-order valence-corrected chi connectivity index (χ4v) is 2.81. The number of carbonyl (C=O) groups excluding carboxylic acids is 1. The number of aryl methyl sites for hydroxylation is 2. The van der Waals surface area contributed by atoms with Crippen molar-refractivity contribution in [1.82, 2.24) is 15.1 Å². The first-order valence-electron chi connectivity index (χ1n) is 9.36. The zero-order chi connectivity index (χ0) is 21.0. The van der Waals surface area contributed by atoms with Crippen molar-refractivity contribution >= 4 is 17.3 Å². The molecule has 0 aliphatic rings. The van der Waals surface area contributed by atoms with Gasteiger partial charge in [-0.1, -0.05) is 18.2 Å². The molecule has 1 aromatic heterocycles. The zero-order valence-electron chi connectivity index (χ0n) is 16.9. The summed E-state index contributed by atoms with van der Waals surface area (Å²) >= 11 is 0. The summed E-state index contributed by atoms with van der Waals surface area (Å²) in [4.78, 5) is 24.8. The van der Waals surface area contributed by atoms with Crippen LogP contribution in [0.25, 0.3) is 0 Å². The van der Waals surface area contributed by atoms with Crippen LogP contribution in [0.4, 0.5) is 11.4 Å². The smallest absolute Gasteiger partial charge is 0.294 e. The molecule has 2 aromatic carbocycles. The highest BCUT2D eigenvalue weighted by atomic mass is 16.5. The minimum absolute atomic E-state index is 0.175. The first-order chi connectivity index (χ1) is 13.9. The molecule has 7 nitrogen and oxygen atoms in total. The number of hydrogen-bond acceptors (Lipinski definition) is 5. The maximum atomic E-state index is 12.7. The van der Waals surface area contributed by atoms with Crippen LogP contribution in [0.5, 0.6) is 11.5 Å². The molecule has 3 aromatic rings. The van der Waals surface area contributed by atoms with Crippen LogP contribution in [0, 0.1) is 13.8 Å². The Balaban J connectivity index is 1.98. The van der Waals surface area contributed by atoms with Crippen molar-refractivity contribution in [3.8, 4) is 11.5 Å². The van der Waals surface area contributed by atoms with E-state index >= 15 is 0 Å². The number of anilines is 2. The maximum absolute atomic E-state index is 12.7. The molecule has 1 amide bonds. The Morgan fingerprint density at radius 2 is 1.90 bits per heavy atom. The topological polar surface area (TPSA) is 85.2 Å². The van der Waals surface area contributed by atoms with E-state index in [9.17, 15) is 9.59 Å². The quantitative estimate of drug-likeness (QED) is 0.668. The van der Waals surface area contributed by atoms with Crippen LogP contribution in [0.15, 0.2) is 53.5 Å². The molecular formula is C22H24N4O3. The number of aromatic nitrogens is 2. The second-order valence-electron chi connectivity index (χ2n) is 6.68. The Morgan fingerprint density at radius 1 is 1.14 bits per heavy atom. The van der Waals surface area contributed by atoms with Crippen molar-refractivity contribution in [2.75, 3.05) is 11.9 Å². The lowest BCUT2D eigenvalue weighted by Crippen LogP contribution is -2.23. The third-order valence-electron chi connectivity index (χ3n) is 4.61. The van der Waals surface area contributed by atoms with Gasteiger partial charge in [0, 0.05) is 24.8 Å². The van der Waals surface area contributed by atoms with Crippen LogP contribution in [0.2, 0.25) is 0 Å². The standard InChI is InChI=1S/C22H24N4O3/c1-5-23-21(27)16-9-7-10-17(12-16)25-20-19(13-24-26(4)22(20)28)29-18-11-6-8-14(2)15(18)3/h6-13,25H,5H2,1-4H3,(H,23,27). The van der Waals surface area contributed by atoms with E-state index in [-0.39, 0.29) is 17.2 Å². The highest BCUT2D eigenvalue weighted by Crippen LogP contribution is 2.31. The zero-order valence-corrected chi connectivity index (χ0v) is 16.9. The number of nitrogens with one attached hydrogen (secondary N) is 2. The molecule has 0 aliphatic heterocycles. The molecule has 0 fully saturated rings. The lowest BCUT2D eigenvalue weighted by molar-refractivity contribution is 0.0956. The lowest BCUT2D eigenvalue weighted by atomic mass is 10.1. The summed E-state index contributed by atoms with van der Waals surface area (Å²) in [5.74, 6) is 0.787. The first kappa shape index (κ1) is 20.1. The maximum Gasteiger partial charge on any atom is 0.294 e. The molecule has 29 heavy (non-hydrogen) atoms. The summed E-state index contributed by atoms with van der Waals surface area (Å²) in [7, 11) is 1.57. The minimum atomic E-state index is -0.337. The third kappa shape index (κ3) is 4.45. The van der Waals surface area contributed by atoms with Crippen molar-refractivity contribution < 1.29 is 9.53 Å². The van der Waals surface area contributed by atoms with Gasteiger partial charge in [-0.15, -0.1) is 0 Å². The van der Waals surface area contributed by atoms with Gasteiger partial charge in [0.2, 0.25) is 0 Å². The largest absolute Gasteiger partial charge is 0.453 e. The summed E-state index contributed by atoms with van der Waals surface area (Å²) in [5.41, 5.74) is 3.08. The summed E-state index contributed by atoms with van der Waals surface area (Å²) < 4.78 is 7.26. The predicted octanol–water partition coefficient (Wildman–Crippen LogP) is 3.68. The molecule has 0 atom stereocenters. The lowest BCUT2D eigenvalue weighted by Gasteiger charge is -2.15. The fourth-order valence-electron chi connectivity index (χ4n) is 2.81. The van der Waals surface area contributed by atoms with Crippen LogP contribution in [0.3, 0.4) is 0 Å². The van der Waals surface area contributed by atoms with Gasteiger partial charge in [-0.3, -0.25) is 9.59 Å². The van der Waals surface area contributed by atoms with E-state index in [0.29, 0.717) is 29.3 Å². The minimum Gasteiger partial charge on any atom is -0.453 e. The molecule has 1 heterocycles. The average molecular weight is 392 g/mol.